The molecule has 7 heteroatoms. The third-order valence-electron chi connectivity index (χ3n) is 5.08. The molecule has 1 aromatic carbocycles. The first-order valence-corrected chi connectivity index (χ1v) is 9.01. The van der Waals surface area contributed by atoms with Gasteiger partial charge in [0.15, 0.2) is 17.2 Å². The molecule has 2 amide bonds. The molecule has 2 aromatic rings. The maximum Gasteiger partial charge on any atom is 0.289 e. The molecule has 0 atom stereocenters. The number of rotatable bonds is 4. The largest absolute Gasteiger partial charge is 0.448 e. The van der Waals surface area contributed by atoms with Gasteiger partial charge in [-0.05, 0) is 25.8 Å². The van der Waals surface area contributed by atoms with E-state index in [4.69, 9.17) is 4.42 Å². The van der Waals surface area contributed by atoms with E-state index < -0.39 is 5.82 Å². The van der Waals surface area contributed by atoms with E-state index in [1.54, 1.807) is 24.0 Å². The third-order valence-corrected chi connectivity index (χ3v) is 5.08. The van der Waals surface area contributed by atoms with E-state index >= 15 is 0 Å². The van der Waals surface area contributed by atoms with Crippen LogP contribution in [-0.4, -0.2) is 60.4 Å². The van der Waals surface area contributed by atoms with E-state index in [-0.39, 0.29) is 23.2 Å². The van der Waals surface area contributed by atoms with Gasteiger partial charge >= 0.3 is 0 Å². The van der Waals surface area contributed by atoms with Gasteiger partial charge in [0.1, 0.15) is 0 Å². The van der Waals surface area contributed by atoms with E-state index in [2.05, 4.69) is 5.32 Å². The third kappa shape index (κ3) is 3.31. The van der Waals surface area contributed by atoms with Gasteiger partial charge in [0.2, 0.25) is 5.91 Å². The van der Waals surface area contributed by atoms with Gasteiger partial charge in [0.25, 0.3) is 5.91 Å². The van der Waals surface area contributed by atoms with Crippen molar-refractivity contribution in [3.8, 4) is 0 Å². The Morgan fingerprint density at radius 3 is 2.62 bits per heavy atom. The Hall–Kier alpha value is -2.41. The van der Waals surface area contributed by atoms with E-state index in [1.165, 1.54) is 6.07 Å². The Morgan fingerprint density at radius 1 is 1.23 bits per heavy atom. The first-order chi connectivity index (χ1) is 12.5. The summed E-state index contributed by atoms with van der Waals surface area (Å²) in [7, 11) is 0. The summed E-state index contributed by atoms with van der Waals surface area (Å²) < 4.78 is 19.4. The monoisotopic (exact) mass is 359 g/mol. The van der Waals surface area contributed by atoms with Crippen LogP contribution in [0.3, 0.4) is 0 Å². The zero-order valence-corrected chi connectivity index (χ0v) is 14.8. The molecule has 1 saturated heterocycles. The number of carbonyl (C=O) groups excluding carboxylic acids is 2. The summed E-state index contributed by atoms with van der Waals surface area (Å²) in [6, 6.07) is 5.05. The van der Waals surface area contributed by atoms with Crippen LogP contribution in [0.25, 0.3) is 11.0 Å². The fourth-order valence-corrected chi connectivity index (χ4v) is 3.37. The van der Waals surface area contributed by atoms with E-state index in [9.17, 15) is 14.0 Å². The maximum atomic E-state index is 13.9. The van der Waals surface area contributed by atoms with Crippen LogP contribution in [0, 0.1) is 12.7 Å². The quantitative estimate of drug-likeness (QED) is 0.906. The minimum atomic E-state index is -0.462. The lowest BCUT2D eigenvalue weighted by atomic mass is 10.1. The van der Waals surface area contributed by atoms with Crippen LogP contribution in [0.15, 0.2) is 22.6 Å². The van der Waals surface area contributed by atoms with Crippen molar-refractivity contribution in [3.63, 3.8) is 0 Å². The fraction of sp³-hybridized carbons (Fsp3) is 0.474. The predicted octanol–water partition coefficient (Wildman–Crippen LogP) is 1.92. The smallest absolute Gasteiger partial charge is 0.289 e. The van der Waals surface area contributed by atoms with Gasteiger partial charge in [-0.25, -0.2) is 4.39 Å². The topological polar surface area (TPSA) is 65.8 Å². The summed E-state index contributed by atoms with van der Waals surface area (Å²) in [6.45, 7) is 4.46. The summed E-state index contributed by atoms with van der Waals surface area (Å²) in [6.07, 6.45) is 2.15. The second kappa shape index (κ2) is 6.72. The Bertz CT molecular complexity index is 851. The molecule has 2 fully saturated rings. The standard InChI is InChI=1S/C19H22FN3O3/c1-12-14-3-2-4-15(20)18(14)26-17(12)19(25)23-9-7-22(8-10-23)11-16(24)21-13-5-6-13/h2-4,13H,5-11H2,1H3,(H,21,24). The van der Waals surface area contributed by atoms with Gasteiger partial charge in [-0.2, -0.15) is 0 Å². The molecule has 0 bridgehead atoms. The molecule has 1 aliphatic carbocycles. The average Bonchev–Trinajstić information content (AvgIpc) is 3.37. The molecule has 1 aromatic heterocycles. The van der Waals surface area contributed by atoms with Crippen LogP contribution in [0.1, 0.15) is 29.0 Å². The zero-order chi connectivity index (χ0) is 18.3. The number of aryl methyl sites for hydroxylation is 1. The van der Waals surface area contributed by atoms with Crippen LogP contribution in [-0.2, 0) is 4.79 Å². The number of amides is 2. The molecule has 1 N–H and O–H groups in total. The Labute approximate surface area is 150 Å². The molecule has 138 valence electrons. The lowest BCUT2D eigenvalue weighted by Crippen LogP contribution is -2.51. The summed E-state index contributed by atoms with van der Waals surface area (Å²) in [4.78, 5) is 28.4. The minimum absolute atomic E-state index is 0.0517. The lowest BCUT2D eigenvalue weighted by molar-refractivity contribution is -0.122. The van der Waals surface area contributed by atoms with Crippen molar-refractivity contribution >= 4 is 22.8 Å². The second-order valence-corrected chi connectivity index (χ2v) is 7.08. The molecular weight excluding hydrogens is 337 g/mol. The number of furan rings is 1. The van der Waals surface area contributed by atoms with Crippen LogP contribution in [0.4, 0.5) is 4.39 Å². The van der Waals surface area contributed by atoms with Crippen molar-refractivity contribution in [2.24, 2.45) is 0 Å². The summed E-state index contributed by atoms with van der Waals surface area (Å²) in [5.41, 5.74) is 0.791. The van der Waals surface area contributed by atoms with E-state index in [0.717, 1.165) is 12.8 Å². The molecule has 0 radical (unpaired) electrons. The lowest BCUT2D eigenvalue weighted by Gasteiger charge is -2.34. The highest BCUT2D eigenvalue weighted by atomic mass is 19.1. The van der Waals surface area contributed by atoms with Crippen molar-refractivity contribution < 1.29 is 18.4 Å². The number of nitrogens with one attached hydrogen (secondary N) is 1. The molecule has 1 saturated carbocycles. The maximum absolute atomic E-state index is 13.9. The molecule has 2 aliphatic rings. The van der Waals surface area contributed by atoms with Gasteiger partial charge < -0.3 is 14.6 Å². The summed E-state index contributed by atoms with van der Waals surface area (Å²) in [5, 5.41) is 3.61. The van der Waals surface area contributed by atoms with Crippen molar-refractivity contribution in [2.75, 3.05) is 32.7 Å². The second-order valence-electron chi connectivity index (χ2n) is 7.08. The highest BCUT2D eigenvalue weighted by Gasteiger charge is 2.29. The molecule has 0 spiro atoms. The normalized spacial score (nSPS) is 18.3. The van der Waals surface area contributed by atoms with Crippen molar-refractivity contribution in [1.82, 2.24) is 15.1 Å². The van der Waals surface area contributed by atoms with Gasteiger partial charge in [-0.3, -0.25) is 14.5 Å². The highest BCUT2D eigenvalue weighted by molar-refractivity contribution is 5.99. The number of benzene rings is 1. The number of carbonyl (C=O) groups is 2. The Morgan fingerprint density at radius 2 is 1.96 bits per heavy atom. The molecular formula is C19H22FN3O3. The number of piperazine rings is 1. The number of para-hydroxylation sites is 1. The van der Waals surface area contributed by atoms with Gasteiger partial charge in [0.05, 0.1) is 6.54 Å². The van der Waals surface area contributed by atoms with E-state index in [1.807, 2.05) is 4.90 Å². The fourth-order valence-electron chi connectivity index (χ4n) is 3.37. The SMILES string of the molecule is Cc1c(C(=O)N2CCN(CC(=O)NC3CC3)CC2)oc2c(F)cccc12. The molecule has 6 nitrogen and oxygen atoms in total. The molecule has 4 rings (SSSR count). The molecule has 1 aliphatic heterocycles. The average molecular weight is 359 g/mol. The van der Waals surface area contributed by atoms with Gasteiger partial charge in [0, 0.05) is 43.2 Å². The first-order valence-electron chi connectivity index (χ1n) is 9.01. The molecule has 26 heavy (non-hydrogen) atoms. The van der Waals surface area contributed by atoms with E-state index in [0.29, 0.717) is 49.7 Å². The highest BCUT2D eigenvalue weighted by Crippen LogP contribution is 2.28. The van der Waals surface area contributed by atoms with Crippen molar-refractivity contribution in [3.05, 3.63) is 35.3 Å². The van der Waals surface area contributed by atoms with Gasteiger partial charge in [-0.15, -0.1) is 0 Å². The number of hydrogen-bond acceptors (Lipinski definition) is 4. The zero-order valence-electron chi connectivity index (χ0n) is 14.8. The number of fused-ring (bicyclic) bond motifs is 1. The minimum Gasteiger partial charge on any atom is -0.448 e. The molecule has 0 unspecified atom stereocenters. The number of hydrogen-bond donors (Lipinski definition) is 1. The van der Waals surface area contributed by atoms with Crippen molar-refractivity contribution in [1.29, 1.82) is 0 Å². The number of nitrogens with zero attached hydrogens (tertiary/aromatic N) is 2. The van der Waals surface area contributed by atoms with Crippen LogP contribution in [0.5, 0.6) is 0 Å². The Kier molecular flexibility index (Phi) is 4.40. The number of halogens is 1. The summed E-state index contributed by atoms with van der Waals surface area (Å²) >= 11 is 0. The van der Waals surface area contributed by atoms with Crippen LogP contribution < -0.4 is 5.32 Å². The van der Waals surface area contributed by atoms with Crippen LogP contribution in [0.2, 0.25) is 0 Å². The van der Waals surface area contributed by atoms with Gasteiger partial charge in [-0.1, -0.05) is 12.1 Å². The predicted molar refractivity (Wildman–Crippen MR) is 94.4 cm³/mol. The summed E-state index contributed by atoms with van der Waals surface area (Å²) in [5.74, 6) is -0.433. The first kappa shape index (κ1) is 17.0. The Balaban J connectivity index is 1.40. The van der Waals surface area contributed by atoms with Crippen molar-refractivity contribution in [2.45, 2.75) is 25.8 Å². The van der Waals surface area contributed by atoms with Crippen LogP contribution >= 0.6 is 0 Å². The molecule has 2 heterocycles.